The number of aliphatic hydroxyl groups is 1. The summed E-state index contributed by atoms with van der Waals surface area (Å²) in [5.41, 5.74) is 3.18. The number of fused-ring (bicyclic) bond motifs is 2. The van der Waals surface area contributed by atoms with E-state index in [1.165, 1.54) is 12.0 Å². The van der Waals surface area contributed by atoms with Gasteiger partial charge in [0.05, 0.1) is 43.5 Å². The molecule has 2 N–H and O–H groups in total. The van der Waals surface area contributed by atoms with Crippen molar-refractivity contribution in [3.8, 4) is 17.2 Å². The summed E-state index contributed by atoms with van der Waals surface area (Å²) in [6.45, 7) is 0.642. The summed E-state index contributed by atoms with van der Waals surface area (Å²) in [7, 11) is 3.10. The van der Waals surface area contributed by atoms with E-state index in [-0.39, 0.29) is 17.3 Å². The molecule has 4 aromatic rings. The number of methoxy groups -OCH3 is 2. The summed E-state index contributed by atoms with van der Waals surface area (Å²) in [4.78, 5) is 36.1. The second-order valence-corrected chi connectivity index (χ2v) is 9.16. The standard InChI is InChI=1S/C29H25N3O6/c1-36-19-7-3-5-17(14-19)25-24(26(33)18-8-11-23-16(13-18)6-4-12-38-23)27(34)28(35)32(25)29-30-21-10-9-20(37-2)15-22(21)31-29/h3,5,7-11,13-15,25,33H,4,6,12H2,1-2H3,(H,30,31)/b26-24+. The first-order chi connectivity index (χ1) is 18.5. The third-order valence-corrected chi connectivity index (χ3v) is 6.94. The molecule has 3 aromatic carbocycles. The number of imidazole rings is 1. The van der Waals surface area contributed by atoms with Gasteiger partial charge in [-0.1, -0.05) is 12.1 Å². The SMILES string of the molecule is COc1cccc(C2/C(=C(\O)c3ccc4c(c3)CCCO4)C(=O)C(=O)N2c2nc3ccc(OC)cc3[nH]2)c1. The summed E-state index contributed by atoms with van der Waals surface area (Å²) in [6, 6.07) is 16.7. The molecule has 0 radical (unpaired) electrons. The number of nitrogens with one attached hydrogen (secondary N) is 1. The van der Waals surface area contributed by atoms with Crippen LogP contribution in [0.15, 0.2) is 66.2 Å². The van der Waals surface area contributed by atoms with Gasteiger partial charge in [-0.25, -0.2) is 4.98 Å². The monoisotopic (exact) mass is 511 g/mol. The minimum absolute atomic E-state index is 0.0297. The van der Waals surface area contributed by atoms with Crippen LogP contribution in [0.5, 0.6) is 17.2 Å². The Labute approximate surface area is 218 Å². The lowest BCUT2D eigenvalue weighted by Gasteiger charge is -2.23. The quantitative estimate of drug-likeness (QED) is 0.230. The summed E-state index contributed by atoms with van der Waals surface area (Å²) in [6.07, 6.45) is 1.66. The highest BCUT2D eigenvalue weighted by atomic mass is 16.5. The van der Waals surface area contributed by atoms with Crippen LogP contribution < -0.4 is 19.1 Å². The van der Waals surface area contributed by atoms with Crippen molar-refractivity contribution in [2.75, 3.05) is 25.7 Å². The number of carbonyl (C=O) groups excluding carboxylic acids is 2. The van der Waals surface area contributed by atoms with E-state index >= 15 is 0 Å². The zero-order valence-electron chi connectivity index (χ0n) is 20.9. The molecule has 0 saturated carbocycles. The Bertz CT molecular complexity index is 1620. The molecule has 1 amide bonds. The molecule has 1 saturated heterocycles. The highest BCUT2D eigenvalue weighted by Crippen LogP contribution is 2.43. The maximum Gasteiger partial charge on any atom is 0.302 e. The van der Waals surface area contributed by atoms with Gasteiger partial charge in [-0.15, -0.1) is 0 Å². The van der Waals surface area contributed by atoms with E-state index in [9.17, 15) is 14.7 Å². The van der Waals surface area contributed by atoms with Gasteiger partial charge in [0, 0.05) is 11.6 Å². The number of rotatable bonds is 5. The molecule has 1 unspecified atom stereocenters. The molecular formula is C29H25N3O6. The Hall–Kier alpha value is -4.79. The van der Waals surface area contributed by atoms with Crippen LogP contribution in [-0.4, -0.2) is 47.6 Å². The second kappa shape index (κ2) is 9.26. The Morgan fingerprint density at radius 2 is 1.87 bits per heavy atom. The van der Waals surface area contributed by atoms with Crippen molar-refractivity contribution in [2.45, 2.75) is 18.9 Å². The topological polar surface area (TPSA) is 114 Å². The molecule has 1 fully saturated rings. The van der Waals surface area contributed by atoms with Crippen molar-refractivity contribution < 1.29 is 28.9 Å². The minimum Gasteiger partial charge on any atom is -0.507 e. The average Bonchev–Trinajstić information content (AvgIpc) is 3.49. The molecule has 9 nitrogen and oxygen atoms in total. The van der Waals surface area contributed by atoms with Crippen molar-refractivity contribution in [3.63, 3.8) is 0 Å². The van der Waals surface area contributed by atoms with E-state index in [4.69, 9.17) is 14.2 Å². The summed E-state index contributed by atoms with van der Waals surface area (Å²) >= 11 is 0. The van der Waals surface area contributed by atoms with Gasteiger partial charge in [-0.2, -0.15) is 0 Å². The lowest BCUT2D eigenvalue weighted by atomic mass is 9.94. The van der Waals surface area contributed by atoms with Crippen LogP contribution in [0.3, 0.4) is 0 Å². The Balaban J connectivity index is 1.54. The van der Waals surface area contributed by atoms with Crippen molar-refractivity contribution in [2.24, 2.45) is 0 Å². The van der Waals surface area contributed by atoms with E-state index in [1.807, 2.05) is 6.07 Å². The minimum atomic E-state index is -0.945. The number of nitrogens with zero attached hydrogens (tertiary/aromatic N) is 2. The van der Waals surface area contributed by atoms with Crippen LogP contribution in [-0.2, 0) is 16.0 Å². The number of H-pyrrole nitrogens is 1. The van der Waals surface area contributed by atoms with Crippen LogP contribution in [0.4, 0.5) is 5.95 Å². The van der Waals surface area contributed by atoms with E-state index in [1.54, 1.807) is 61.7 Å². The molecule has 2 aliphatic heterocycles. The van der Waals surface area contributed by atoms with Crippen molar-refractivity contribution in [1.29, 1.82) is 0 Å². The van der Waals surface area contributed by atoms with Gasteiger partial charge in [-0.3, -0.25) is 14.5 Å². The number of ether oxygens (including phenoxy) is 3. The molecule has 2 aliphatic rings. The number of Topliss-reactive ketones (excluding diaryl/α,β-unsaturated/α-hetero) is 1. The number of hydrogen-bond donors (Lipinski definition) is 2. The first-order valence-electron chi connectivity index (χ1n) is 12.2. The van der Waals surface area contributed by atoms with E-state index in [2.05, 4.69) is 9.97 Å². The number of aromatic amines is 1. The second-order valence-electron chi connectivity index (χ2n) is 9.16. The van der Waals surface area contributed by atoms with Gasteiger partial charge < -0.3 is 24.3 Å². The largest absolute Gasteiger partial charge is 0.507 e. The molecule has 3 heterocycles. The van der Waals surface area contributed by atoms with Gasteiger partial charge in [0.2, 0.25) is 5.95 Å². The Morgan fingerprint density at radius 1 is 1.05 bits per heavy atom. The van der Waals surface area contributed by atoms with Gasteiger partial charge in [0.15, 0.2) is 0 Å². The number of aromatic nitrogens is 2. The number of ketones is 1. The predicted octanol–water partition coefficient (Wildman–Crippen LogP) is 4.53. The first-order valence-corrected chi connectivity index (χ1v) is 12.2. The van der Waals surface area contributed by atoms with Crippen LogP contribution in [0.25, 0.3) is 16.8 Å². The Kier molecular flexibility index (Phi) is 5.75. The van der Waals surface area contributed by atoms with Crippen LogP contribution in [0.2, 0.25) is 0 Å². The number of benzene rings is 3. The summed E-state index contributed by atoms with van der Waals surface area (Å²) in [5.74, 6) is 0.249. The predicted molar refractivity (Wildman–Crippen MR) is 141 cm³/mol. The number of amides is 1. The summed E-state index contributed by atoms with van der Waals surface area (Å²) < 4.78 is 16.4. The average molecular weight is 512 g/mol. The van der Waals surface area contributed by atoms with E-state index < -0.39 is 17.7 Å². The zero-order valence-corrected chi connectivity index (χ0v) is 20.9. The smallest absolute Gasteiger partial charge is 0.302 e. The number of aryl methyl sites for hydroxylation is 1. The third kappa shape index (κ3) is 3.83. The fourth-order valence-corrected chi connectivity index (χ4v) is 5.06. The van der Waals surface area contributed by atoms with Gasteiger partial charge in [0.25, 0.3) is 5.78 Å². The number of aliphatic hydroxyl groups excluding tert-OH is 1. The number of hydrogen-bond acceptors (Lipinski definition) is 7. The maximum atomic E-state index is 13.5. The molecule has 0 aliphatic carbocycles. The van der Waals surface area contributed by atoms with Crippen LogP contribution in [0.1, 0.15) is 29.2 Å². The molecule has 9 heteroatoms. The van der Waals surface area contributed by atoms with Gasteiger partial charge >= 0.3 is 5.91 Å². The molecule has 1 atom stereocenters. The fraction of sp³-hybridized carbons (Fsp3) is 0.207. The lowest BCUT2D eigenvalue weighted by Crippen LogP contribution is -2.30. The van der Waals surface area contributed by atoms with Gasteiger partial charge in [0.1, 0.15) is 23.0 Å². The molecule has 1 aromatic heterocycles. The molecule has 192 valence electrons. The molecule has 0 spiro atoms. The number of carbonyl (C=O) groups is 2. The molecular weight excluding hydrogens is 486 g/mol. The van der Waals surface area contributed by atoms with E-state index in [0.717, 1.165) is 24.2 Å². The highest BCUT2D eigenvalue weighted by molar-refractivity contribution is 6.51. The van der Waals surface area contributed by atoms with Crippen LogP contribution >= 0.6 is 0 Å². The van der Waals surface area contributed by atoms with Crippen molar-refractivity contribution >= 4 is 34.4 Å². The third-order valence-electron chi connectivity index (χ3n) is 6.94. The van der Waals surface area contributed by atoms with Gasteiger partial charge in [-0.05, 0) is 66.4 Å². The zero-order chi connectivity index (χ0) is 26.4. The Morgan fingerprint density at radius 3 is 2.68 bits per heavy atom. The number of anilines is 1. The molecule has 38 heavy (non-hydrogen) atoms. The fourth-order valence-electron chi connectivity index (χ4n) is 5.06. The molecule has 0 bridgehead atoms. The van der Waals surface area contributed by atoms with Crippen molar-refractivity contribution in [1.82, 2.24) is 9.97 Å². The highest BCUT2D eigenvalue weighted by Gasteiger charge is 2.48. The molecule has 6 rings (SSSR count). The van der Waals surface area contributed by atoms with Crippen LogP contribution in [0, 0.1) is 0 Å². The lowest BCUT2D eigenvalue weighted by molar-refractivity contribution is -0.132. The maximum absolute atomic E-state index is 13.5. The summed E-state index contributed by atoms with van der Waals surface area (Å²) in [5, 5.41) is 11.5. The normalized spacial score (nSPS) is 18.4. The van der Waals surface area contributed by atoms with Crippen molar-refractivity contribution in [3.05, 3.63) is 82.9 Å². The first kappa shape index (κ1) is 23.6. The van der Waals surface area contributed by atoms with E-state index in [0.29, 0.717) is 40.3 Å².